The van der Waals surface area contributed by atoms with Crippen molar-refractivity contribution in [2.45, 2.75) is 24.8 Å². The number of rotatable bonds is 7. The highest BCUT2D eigenvalue weighted by atomic mass is 32.2. The number of H-pyrrole nitrogens is 1. The van der Waals surface area contributed by atoms with E-state index in [1.165, 1.54) is 0 Å². The van der Waals surface area contributed by atoms with Crippen LogP contribution in [-0.4, -0.2) is 35.6 Å². The lowest BCUT2D eigenvalue weighted by atomic mass is 10.3. The summed E-state index contributed by atoms with van der Waals surface area (Å²) in [5.41, 5.74) is 0.893. The Hall–Kier alpha value is -2.00. The van der Waals surface area contributed by atoms with Gasteiger partial charge in [-0.15, -0.1) is 10.2 Å². The van der Waals surface area contributed by atoms with E-state index in [-0.39, 0.29) is 17.3 Å². The van der Waals surface area contributed by atoms with Crippen molar-refractivity contribution in [3.05, 3.63) is 30.1 Å². The third kappa shape index (κ3) is 3.75. The number of aromatic amines is 1. The van der Waals surface area contributed by atoms with E-state index in [0.717, 1.165) is 18.7 Å². The monoisotopic (exact) mass is 296 g/mol. The van der Waals surface area contributed by atoms with Gasteiger partial charge in [0.25, 0.3) is 0 Å². The molecule has 0 aliphatic carbocycles. The molecule has 0 saturated carbocycles. The first-order valence-corrected chi connectivity index (χ1v) is 7.66. The molecule has 1 aromatic heterocycles. The number of benzene rings is 1. The number of tetrazole rings is 1. The van der Waals surface area contributed by atoms with Gasteiger partial charge in [-0.1, -0.05) is 12.1 Å². The van der Waals surface area contributed by atoms with Crippen LogP contribution < -0.4 is 10.0 Å². The van der Waals surface area contributed by atoms with Gasteiger partial charge in [-0.25, -0.2) is 13.1 Å². The summed E-state index contributed by atoms with van der Waals surface area (Å²) in [4.78, 5) is 0.197. The molecule has 0 radical (unpaired) electrons. The van der Waals surface area contributed by atoms with Crippen molar-refractivity contribution >= 4 is 15.7 Å². The van der Waals surface area contributed by atoms with E-state index in [1.54, 1.807) is 24.3 Å². The topological polar surface area (TPSA) is 113 Å². The first-order chi connectivity index (χ1) is 9.62. The van der Waals surface area contributed by atoms with Crippen molar-refractivity contribution < 1.29 is 8.42 Å². The first kappa shape index (κ1) is 14.4. The molecule has 20 heavy (non-hydrogen) atoms. The molecule has 0 bridgehead atoms. The van der Waals surface area contributed by atoms with Crippen molar-refractivity contribution in [2.24, 2.45) is 0 Å². The molecule has 0 unspecified atom stereocenters. The van der Waals surface area contributed by atoms with Gasteiger partial charge in [-0.2, -0.15) is 5.21 Å². The summed E-state index contributed by atoms with van der Waals surface area (Å²) in [6.07, 6.45) is 1.01. The van der Waals surface area contributed by atoms with Gasteiger partial charge in [0, 0.05) is 12.2 Å². The van der Waals surface area contributed by atoms with Crippen LogP contribution in [0.3, 0.4) is 0 Å². The molecule has 8 nitrogen and oxygen atoms in total. The highest BCUT2D eigenvalue weighted by molar-refractivity contribution is 7.89. The Morgan fingerprint density at radius 1 is 1.25 bits per heavy atom. The van der Waals surface area contributed by atoms with E-state index >= 15 is 0 Å². The average Bonchev–Trinajstić information content (AvgIpc) is 2.97. The number of nitrogens with one attached hydrogen (secondary N) is 3. The van der Waals surface area contributed by atoms with E-state index in [9.17, 15) is 8.42 Å². The largest absolute Gasteiger partial charge is 0.385 e. The van der Waals surface area contributed by atoms with Crippen LogP contribution in [0.1, 0.15) is 19.2 Å². The van der Waals surface area contributed by atoms with Gasteiger partial charge in [-0.05, 0) is 30.7 Å². The molecule has 0 saturated heterocycles. The number of nitrogens with zero attached hydrogens (tertiary/aromatic N) is 3. The second kappa shape index (κ2) is 6.44. The minimum atomic E-state index is -3.57. The number of sulfonamides is 1. The smallest absolute Gasteiger partial charge is 0.240 e. The minimum absolute atomic E-state index is 0.00529. The molecule has 2 rings (SSSR count). The highest BCUT2D eigenvalue weighted by Crippen LogP contribution is 2.14. The zero-order valence-corrected chi connectivity index (χ0v) is 11.8. The molecule has 0 amide bonds. The maximum atomic E-state index is 12.0. The van der Waals surface area contributed by atoms with Crippen LogP contribution in [0.2, 0.25) is 0 Å². The first-order valence-electron chi connectivity index (χ1n) is 6.18. The van der Waals surface area contributed by atoms with Crippen molar-refractivity contribution in [3.63, 3.8) is 0 Å². The van der Waals surface area contributed by atoms with Gasteiger partial charge < -0.3 is 5.32 Å². The maximum Gasteiger partial charge on any atom is 0.240 e. The van der Waals surface area contributed by atoms with Crippen LogP contribution in [0.5, 0.6) is 0 Å². The Kier molecular flexibility index (Phi) is 4.64. The molecule has 0 spiro atoms. The third-order valence-electron chi connectivity index (χ3n) is 2.55. The van der Waals surface area contributed by atoms with E-state index in [0.29, 0.717) is 0 Å². The molecular formula is C11H16N6O2S. The SMILES string of the molecule is CCCNc1ccc(S(=O)(=O)NCc2nn[nH]n2)cc1. The fourth-order valence-electron chi connectivity index (χ4n) is 1.52. The summed E-state index contributed by atoms with van der Waals surface area (Å²) in [5.74, 6) is 0.287. The standard InChI is InChI=1S/C11H16N6O2S/c1-2-7-12-9-3-5-10(6-4-9)20(18,19)13-8-11-14-16-17-15-11/h3-6,12-13H,2,7-8H2,1H3,(H,14,15,16,17). The Morgan fingerprint density at radius 3 is 2.60 bits per heavy atom. The number of anilines is 1. The lowest BCUT2D eigenvalue weighted by Crippen LogP contribution is -2.23. The summed E-state index contributed by atoms with van der Waals surface area (Å²) < 4.78 is 26.5. The Labute approximate surface area is 117 Å². The van der Waals surface area contributed by atoms with Gasteiger partial charge in [-0.3, -0.25) is 0 Å². The van der Waals surface area contributed by atoms with Crippen LogP contribution in [0.25, 0.3) is 0 Å². The summed E-state index contributed by atoms with van der Waals surface area (Å²) in [7, 11) is -3.57. The van der Waals surface area contributed by atoms with E-state index < -0.39 is 10.0 Å². The normalized spacial score (nSPS) is 11.4. The average molecular weight is 296 g/mol. The predicted octanol–water partition coefficient (Wildman–Crippen LogP) is 0.500. The Balaban J connectivity index is 2.01. The summed E-state index contributed by atoms with van der Waals surface area (Å²) >= 11 is 0. The summed E-state index contributed by atoms with van der Waals surface area (Å²) in [5, 5.41) is 16.1. The Morgan fingerprint density at radius 2 is 2.00 bits per heavy atom. The minimum Gasteiger partial charge on any atom is -0.385 e. The molecule has 1 heterocycles. The van der Waals surface area contributed by atoms with Crippen molar-refractivity contribution in [1.29, 1.82) is 0 Å². The van der Waals surface area contributed by atoms with Crippen molar-refractivity contribution in [1.82, 2.24) is 25.3 Å². The van der Waals surface area contributed by atoms with Gasteiger partial charge in [0.15, 0.2) is 5.82 Å². The lowest BCUT2D eigenvalue weighted by molar-refractivity contribution is 0.579. The van der Waals surface area contributed by atoms with Crippen LogP contribution in [0.15, 0.2) is 29.2 Å². The molecule has 108 valence electrons. The maximum absolute atomic E-state index is 12.0. The number of hydrogen-bond acceptors (Lipinski definition) is 6. The summed E-state index contributed by atoms with van der Waals surface area (Å²) in [6.45, 7) is 2.91. The highest BCUT2D eigenvalue weighted by Gasteiger charge is 2.14. The summed E-state index contributed by atoms with van der Waals surface area (Å²) in [6, 6.07) is 6.57. The van der Waals surface area contributed by atoms with Crippen LogP contribution in [-0.2, 0) is 16.6 Å². The van der Waals surface area contributed by atoms with Gasteiger partial charge in [0.1, 0.15) is 0 Å². The van der Waals surface area contributed by atoms with Gasteiger partial charge in [0.2, 0.25) is 10.0 Å². The van der Waals surface area contributed by atoms with Crippen LogP contribution in [0, 0.1) is 0 Å². The molecular weight excluding hydrogens is 280 g/mol. The van der Waals surface area contributed by atoms with E-state index in [4.69, 9.17) is 0 Å². The number of hydrogen-bond donors (Lipinski definition) is 3. The second-order valence-corrected chi connectivity index (χ2v) is 5.87. The quantitative estimate of drug-likeness (QED) is 0.686. The molecule has 2 aromatic rings. The van der Waals surface area contributed by atoms with Crippen LogP contribution >= 0.6 is 0 Å². The molecule has 0 aliphatic heterocycles. The molecule has 1 aromatic carbocycles. The zero-order chi connectivity index (χ0) is 14.4. The van der Waals surface area contributed by atoms with Crippen molar-refractivity contribution in [2.75, 3.05) is 11.9 Å². The number of aromatic nitrogens is 4. The fraction of sp³-hybridized carbons (Fsp3) is 0.364. The van der Waals surface area contributed by atoms with Crippen molar-refractivity contribution in [3.8, 4) is 0 Å². The van der Waals surface area contributed by atoms with Crippen LogP contribution in [0.4, 0.5) is 5.69 Å². The van der Waals surface area contributed by atoms with Gasteiger partial charge in [0.05, 0.1) is 11.4 Å². The molecule has 0 atom stereocenters. The van der Waals surface area contributed by atoms with E-state index in [1.807, 2.05) is 0 Å². The van der Waals surface area contributed by atoms with E-state index in [2.05, 4.69) is 37.6 Å². The van der Waals surface area contributed by atoms with Gasteiger partial charge >= 0.3 is 0 Å². The fourth-order valence-corrected chi connectivity index (χ4v) is 2.50. The molecule has 9 heteroatoms. The third-order valence-corrected chi connectivity index (χ3v) is 3.97. The molecule has 0 aliphatic rings. The Bertz CT molecular complexity index is 623. The molecule has 3 N–H and O–H groups in total. The predicted molar refractivity (Wildman–Crippen MR) is 73.4 cm³/mol. The lowest BCUT2D eigenvalue weighted by Gasteiger charge is -2.07. The zero-order valence-electron chi connectivity index (χ0n) is 11.0. The second-order valence-electron chi connectivity index (χ2n) is 4.10. The molecule has 0 fully saturated rings.